The largest absolute Gasteiger partial charge is 0.465 e. The van der Waals surface area contributed by atoms with Crippen LogP contribution in [0.2, 0.25) is 0 Å². The molecule has 0 bridgehead atoms. The van der Waals surface area contributed by atoms with Gasteiger partial charge in [-0.05, 0) is 68.3 Å². The van der Waals surface area contributed by atoms with E-state index in [4.69, 9.17) is 8.83 Å². The second-order valence-electron chi connectivity index (χ2n) is 8.15. The number of hydrogen-bond acceptors (Lipinski definition) is 4. The third kappa shape index (κ3) is 3.98. The number of aryl methyl sites for hydroxylation is 1. The van der Waals surface area contributed by atoms with Crippen molar-refractivity contribution in [2.75, 3.05) is 0 Å². The highest BCUT2D eigenvalue weighted by Crippen LogP contribution is 2.39. The minimum atomic E-state index is -0.319. The van der Waals surface area contributed by atoms with Crippen molar-refractivity contribution in [3.63, 3.8) is 0 Å². The molecule has 0 spiro atoms. The fraction of sp³-hybridized carbons (Fsp3) is 0.280. The molecule has 1 N–H and O–H groups in total. The Morgan fingerprint density at radius 3 is 2.59 bits per heavy atom. The van der Waals surface area contributed by atoms with Gasteiger partial charge in [0.1, 0.15) is 23.0 Å². The summed E-state index contributed by atoms with van der Waals surface area (Å²) in [6.07, 6.45) is 6.32. The first kappa shape index (κ1) is 20.3. The maximum Gasteiger partial charge on any atom is 0.287 e. The van der Waals surface area contributed by atoms with Gasteiger partial charge in [0.25, 0.3) is 5.91 Å². The number of furan rings is 2. The fourth-order valence-corrected chi connectivity index (χ4v) is 4.31. The van der Waals surface area contributed by atoms with Crippen molar-refractivity contribution in [3.8, 4) is 22.7 Å². The number of benzene rings is 1. The molecule has 1 saturated carbocycles. The number of carbonyl (C=O) groups excluding carboxylic acids is 1. The second-order valence-corrected chi connectivity index (χ2v) is 8.15. The summed E-state index contributed by atoms with van der Waals surface area (Å²) >= 11 is 0. The van der Waals surface area contributed by atoms with E-state index < -0.39 is 0 Å². The summed E-state index contributed by atoms with van der Waals surface area (Å²) in [4.78, 5) is 17.3. The van der Waals surface area contributed by atoms with Crippen LogP contribution in [0.3, 0.4) is 0 Å². The van der Waals surface area contributed by atoms with Crippen molar-refractivity contribution in [1.29, 1.82) is 0 Å². The van der Waals surface area contributed by atoms with Crippen molar-refractivity contribution in [1.82, 2.24) is 14.9 Å². The maximum absolute atomic E-state index is 13.5. The predicted octanol–water partition coefficient (Wildman–Crippen LogP) is 5.90. The molecule has 32 heavy (non-hydrogen) atoms. The van der Waals surface area contributed by atoms with Crippen LogP contribution in [-0.4, -0.2) is 15.5 Å². The fourth-order valence-electron chi connectivity index (χ4n) is 4.31. The van der Waals surface area contributed by atoms with Crippen molar-refractivity contribution >= 4 is 5.91 Å². The highest BCUT2D eigenvalue weighted by molar-refractivity contribution is 5.92. The molecule has 5 rings (SSSR count). The predicted molar refractivity (Wildman–Crippen MR) is 117 cm³/mol. The van der Waals surface area contributed by atoms with Gasteiger partial charge in [-0.2, -0.15) is 0 Å². The van der Waals surface area contributed by atoms with Crippen LogP contribution in [0.4, 0.5) is 4.39 Å². The normalized spacial score (nSPS) is 14.2. The van der Waals surface area contributed by atoms with Crippen LogP contribution >= 0.6 is 0 Å². The number of aromatic nitrogens is 2. The van der Waals surface area contributed by atoms with Crippen molar-refractivity contribution in [2.24, 2.45) is 0 Å². The Morgan fingerprint density at radius 1 is 1.09 bits per heavy atom. The van der Waals surface area contributed by atoms with Gasteiger partial charge < -0.3 is 18.7 Å². The van der Waals surface area contributed by atoms with E-state index in [-0.39, 0.29) is 24.0 Å². The molecule has 0 aliphatic heterocycles. The van der Waals surface area contributed by atoms with Gasteiger partial charge in [0.2, 0.25) is 0 Å². The molecule has 164 valence electrons. The van der Waals surface area contributed by atoms with Gasteiger partial charge in [0, 0.05) is 11.6 Å². The van der Waals surface area contributed by atoms with E-state index in [9.17, 15) is 9.18 Å². The molecule has 0 unspecified atom stereocenters. The number of halogens is 1. The molecule has 0 atom stereocenters. The van der Waals surface area contributed by atoms with E-state index >= 15 is 0 Å². The number of rotatable bonds is 6. The molecule has 3 aromatic heterocycles. The Balaban J connectivity index is 1.45. The van der Waals surface area contributed by atoms with Crippen LogP contribution < -0.4 is 5.32 Å². The molecule has 6 nitrogen and oxygen atoms in total. The molecule has 0 radical (unpaired) electrons. The molecule has 1 aromatic carbocycles. The Labute approximate surface area is 185 Å². The average Bonchev–Trinajstić information content (AvgIpc) is 3.58. The summed E-state index contributed by atoms with van der Waals surface area (Å²) in [7, 11) is 0. The van der Waals surface area contributed by atoms with Gasteiger partial charge in [0.05, 0.1) is 18.6 Å². The highest BCUT2D eigenvalue weighted by atomic mass is 19.1. The van der Waals surface area contributed by atoms with E-state index in [1.165, 1.54) is 25.0 Å². The molecule has 1 fully saturated rings. The van der Waals surface area contributed by atoms with Crippen molar-refractivity contribution in [3.05, 3.63) is 78.0 Å². The molecule has 0 saturated heterocycles. The monoisotopic (exact) mass is 433 g/mol. The maximum atomic E-state index is 13.5. The van der Waals surface area contributed by atoms with Gasteiger partial charge in [-0.15, -0.1) is 0 Å². The molecular weight excluding hydrogens is 409 g/mol. The number of amides is 1. The minimum Gasteiger partial charge on any atom is -0.465 e. The van der Waals surface area contributed by atoms with Gasteiger partial charge >= 0.3 is 0 Å². The number of hydrogen-bond donors (Lipinski definition) is 1. The van der Waals surface area contributed by atoms with Crippen LogP contribution in [0, 0.1) is 12.7 Å². The minimum absolute atomic E-state index is 0.215. The lowest BCUT2D eigenvalue weighted by molar-refractivity contribution is 0.0921. The summed E-state index contributed by atoms with van der Waals surface area (Å²) in [6, 6.07) is 13.7. The van der Waals surface area contributed by atoms with E-state index in [2.05, 4.69) is 14.9 Å². The number of nitrogens with one attached hydrogen (secondary N) is 1. The zero-order valence-corrected chi connectivity index (χ0v) is 17.8. The molecular formula is C25H24FN3O3. The summed E-state index contributed by atoms with van der Waals surface area (Å²) < 4.78 is 27.1. The standard InChI is InChI=1S/C25H24FN3O3/c1-16-6-11-20(31-16)14-27-25(30)22-13-12-21(32-22)24-23(17-7-9-18(26)10-8-17)28-15-29(24)19-4-2-3-5-19/h6-13,15,19H,2-5,14H2,1H3,(H,27,30). The van der Waals surface area contributed by atoms with E-state index in [1.54, 1.807) is 24.3 Å². The summed E-state index contributed by atoms with van der Waals surface area (Å²) in [5.41, 5.74) is 2.32. The van der Waals surface area contributed by atoms with Crippen molar-refractivity contribution in [2.45, 2.75) is 45.2 Å². The first-order chi connectivity index (χ1) is 15.6. The highest BCUT2D eigenvalue weighted by Gasteiger charge is 2.26. The van der Waals surface area contributed by atoms with Crippen LogP contribution in [0.5, 0.6) is 0 Å². The lowest BCUT2D eigenvalue weighted by Crippen LogP contribution is -2.21. The first-order valence-corrected chi connectivity index (χ1v) is 10.8. The molecule has 7 heteroatoms. The SMILES string of the molecule is Cc1ccc(CNC(=O)c2ccc(-c3c(-c4ccc(F)cc4)ncn3C3CCCC3)o2)o1. The van der Waals surface area contributed by atoms with E-state index in [0.29, 0.717) is 23.3 Å². The van der Waals surface area contributed by atoms with Gasteiger partial charge in [0.15, 0.2) is 11.5 Å². The van der Waals surface area contributed by atoms with Gasteiger partial charge in [-0.3, -0.25) is 4.79 Å². The van der Waals surface area contributed by atoms with Gasteiger partial charge in [-0.25, -0.2) is 9.37 Å². The quantitative estimate of drug-likeness (QED) is 0.411. The number of nitrogens with zero attached hydrogens (tertiary/aromatic N) is 2. The zero-order valence-electron chi connectivity index (χ0n) is 17.8. The summed E-state index contributed by atoms with van der Waals surface area (Å²) in [6.45, 7) is 2.14. The summed E-state index contributed by atoms with van der Waals surface area (Å²) in [5.74, 6) is 1.64. The van der Waals surface area contributed by atoms with Crippen molar-refractivity contribution < 1.29 is 18.0 Å². The second kappa shape index (κ2) is 8.49. The van der Waals surface area contributed by atoms with Crippen LogP contribution in [0.25, 0.3) is 22.7 Å². The Kier molecular flexibility index (Phi) is 5.39. The zero-order chi connectivity index (χ0) is 22.1. The number of imidazole rings is 1. The van der Waals surface area contributed by atoms with E-state index in [1.807, 2.05) is 25.4 Å². The number of carbonyl (C=O) groups is 1. The lowest BCUT2D eigenvalue weighted by Gasteiger charge is -2.15. The van der Waals surface area contributed by atoms with Crippen LogP contribution in [0.1, 0.15) is 53.8 Å². The van der Waals surface area contributed by atoms with E-state index in [0.717, 1.165) is 29.9 Å². The Bertz CT molecular complexity index is 1230. The molecule has 3 heterocycles. The Hall–Kier alpha value is -3.61. The van der Waals surface area contributed by atoms with Gasteiger partial charge in [-0.1, -0.05) is 12.8 Å². The van der Waals surface area contributed by atoms with Crippen LogP contribution in [0.15, 0.2) is 63.7 Å². The average molecular weight is 433 g/mol. The topological polar surface area (TPSA) is 73.2 Å². The molecule has 1 amide bonds. The molecule has 1 aliphatic carbocycles. The van der Waals surface area contributed by atoms with Crippen LogP contribution in [-0.2, 0) is 6.54 Å². The first-order valence-electron chi connectivity index (χ1n) is 10.8. The third-order valence-corrected chi connectivity index (χ3v) is 5.91. The lowest BCUT2D eigenvalue weighted by atomic mass is 10.1. The third-order valence-electron chi connectivity index (χ3n) is 5.91. The molecule has 4 aromatic rings. The Morgan fingerprint density at radius 2 is 1.88 bits per heavy atom. The smallest absolute Gasteiger partial charge is 0.287 e. The molecule has 1 aliphatic rings. The summed E-state index contributed by atoms with van der Waals surface area (Å²) in [5, 5.41) is 2.82.